The minimum Gasteiger partial charge on any atom is -0.296 e. The molecular weight excluding hydrogens is 341 g/mol. The Labute approximate surface area is 154 Å². The Hall–Kier alpha value is -2.64. The van der Waals surface area contributed by atoms with Crippen LogP contribution in [0.1, 0.15) is 27.0 Å². The third kappa shape index (κ3) is 3.49. The predicted octanol–water partition coefficient (Wildman–Crippen LogP) is 4.27. The van der Waals surface area contributed by atoms with Crippen molar-refractivity contribution in [3.05, 3.63) is 95.1 Å². The molecule has 0 heterocycles. The zero-order valence-electron chi connectivity index (χ0n) is 15.2. The van der Waals surface area contributed by atoms with Crippen LogP contribution in [0.5, 0.6) is 0 Å². The predicted molar refractivity (Wildman–Crippen MR) is 108 cm³/mol. The number of amides is 1. The Morgan fingerprint density at radius 1 is 0.769 bits per heavy atom. The zero-order chi connectivity index (χ0) is 18.7. The molecule has 0 unspecified atom stereocenters. The fraction of sp³-hybridized carbons (Fsp3) is 0.136. The van der Waals surface area contributed by atoms with Crippen LogP contribution in [-0.4, -0.2) is 5.91 Å². The first-order valence-corrected chi connectivity index (χ1v) is 10.2. The van der Waals surface area contributed by atoms with Gasteiger partial charge in [-0.25, -0.2) is 0 Å². The molecule has 0 bridgehead atoms. The van der Waals surface area contributed by atoms with Crippen LogP contribution in [0.3, 0.4) is 0 Å². The van der Waals surface area contributed by atoms with Crippen molar-refractivity contribution in [2.75, 3.05) is 0 Å². The number of hydrogen-bond donors (Lipinski definition) is 1. The summed E-state index contributed by atoms with van der Waals surface area (Å²) in [6.07, 6.45) is 0. The second-order valence-electron chi connectivity index (χ2n) is 6.50. The second-order valence-corrected chi connectivity index (χ2v) is 8.97. The highest BCUT2D eigenvalue weighted by molar-refractivity contribution is 7.77. The van der Waals surface area contributed by atoms with Gasteiger partial charge in [0.05, 0.1) is 0 Å². The summed E-state index contributed by atoms with van der Waals surface area (Å²) in [7, 11) is -3.30. The highest BCUT2D eigenvalue weighted by atomic mass is 31.2. The van der Waals surface area contributed by atoms with Crippen LogP contribution in [0.4, 0.5) is 0 Å². The summed E-state index contributed by atoms with van der Waals surface area (Å²) in [5.74, 6) is -0.309. The van der Waals surface area contributed by atoms with Gasteiger partial charge in [-0.1, -0.05) is 54.1 Å². The molecule has 3 aromatic rings. The molecule has 0 saturated carbocycles. The standard InChI is InChI=1S/C22H22NO2P/c1-16-14-17(2)21(18(3)15-16)22(24)23-26(25,19-10-6-4-7-11-19)20-12-8-5-9-13-20/h4-15H,1-3H3,(H,23,24,25). The van der Waals surface area contributed by atoms with Crippen molar-refractivity contribution in [1.29, 1.82) is 0 Å². The topological polar surface area (TPSA) is 46.2 Å². The molecule has 0 aliphatic heterocycles. The van der Waals surface area contributed by atoms with Crippen LogP contribution in [0, 0.1) is 20.8 Å². The van der Waals surface area contributed by atoms with Gasteiger partial charge in [-0.15, -0.1) is 0 Å². The van der Waals surface area contributed by atoms with Crippen molar-refractivity contribution < 1.29 is 9.36 Å². The first kappa shape index (κ1) is 18.2. The average molecular weight is 363 g/mol. The lowest BCUT2D eigenvalue weighted by molar-refractivity contribution is 0.0980. The lowest BCUT2D eigenvalue weighted by atomic mass is 10.00. The monoisotopic (exact) mass is 363 g/mol. The fourth-order valence-electron chi connectivity index (χ4n) is 3.29. The summed E-state index contributed by atoms with van der Waals surface area (Å²) >= 11 is 0. The summed E-state index contributed by atoms with van der Waals surface area (Å²) in [6, 6.07) is 22.2. The van der Waals surface area contributed by atoms with Gasteiger partial charge in [0.2, 0.25) is 7.29 Å². The van der Waals surface area contributed by atoms with E-state index in [2.05, 4.69) is 5.09 Å². The number of carbonyl (C=O) groups is 1. The van der Waals surface area contributed by atoms with Gasteiger partial charge >= 0.3 is 0 Å². The number of aryl methyl sites for hydroxylation is 3. The number of rotatable bonds is 4. The highest BCUT2D eigenvalue weighted by Crippen LogP contribution is 2.39. The maximum Gasteiger partial charge on any atom is 0.257 e. The Bertz CT molecular complexity index is 915. The van der Waals surface area contributed by atoms with E-state index in [-0.39, 0.29) is 5.91 Å². The maximum absolute atomic E-state index is 14.0. The van der Waals surface area contributed by atoms with Crippen molar-refractivity contribution in [2.45, 2.75) is 20.8 Å². The SMILES string of the molecule is Cc1cc(C)c(C(=O)NP(=O)(c2ccccc2)c2ccccc2)c(C)c1. The first-order valence-electron chi connectivity index (χ1n) is 8.53. The van der Waals surface area contributed by atoms with E-state index < -0.39 is 7.29 Å². The molecule has 3 rings (SSSR count). The molecule has 0 aliphatic carbocycles. The summed E-state index contributed by atoms with van der Waals surface area (Å²) in [5, 5.41) is 4.09. The molecule has 0 aromatic heterocycles. The Morgan fingerprint density at radius 2 is 1.19 bits per heavy atom. The largest absolute Gasteiger partial charge is 0.296 e. The Kier molecular flexibility index (Phi) is 5.11. The van der Waals surface area contributed by atoms with E-state index in [1.807, 2.05) is 69.3 Å². The molecule has 0 spiro atoms. The van der Waals surface area contributed by atoms with E-state index in [1.165, 1.54) is 0 Å². The molecule has 0 fully saturated rings. The third-order valence-corrected chi connectivity index (χ3v) is 6.97. The molecule has 1 N–H and O–H groups in total. The molecule has 0 radical (unpaired) electrons. The molecule has 3 nitrogen and oxygen atoms in total. The van der Waals surface area contributed by atoms with E-state index >= 15 is 0 Å². The van der Waals surface area contributed by atoms with Crippen molar-refractivity contribution >= 4 is 23.8 Å². The molecule has 4 heteroatoms. The van der Waals surface area contributed by atoms with Gasteiger partial charge in [0, 0.05) is 16.2 Å². The normalized spacial score (nSPS) is 11.2. The van der Waals surface area contributed by atoms with Gasteiger partial charge in [0.1, 0.15) is 0 Å². The van der Waals surface area contributed by atoms with E-state index in [4.69, 9.17) is 0 Å². The molecule has 3 aromatic carbocycles. The number of benzene rings is 3. The van der Waals surface area contributed by atoms with Crippen LogP contribution >= 0.6 is 7.29 Å². The summed E-state index contributed by atoms with van der Waals surface area (Å²) in [6.45, 7) is 5.82. The highest BCUT2D eigenvalue weighted by Gasteiger charge is 2.30. The van der Waals surface area contributed by atoms with Crippen molar-refractivity contribution in [1.82, 2.24) is 5.09 Å². The minimum absolute atomic E-state index is 0.309. The van der Waals surface area contributed by atoms with Crippen molar-refractivity contribution in [3.63, 3.8) is 0 Å². The number of nitrogens with one attached hydrogen (secondary N) is 1. The van der Waals surface area contributed by atoms with Crippen LogP contribution in [0.15, 0.2) is 72.8 Å². The summed E-state index contributed by atoms with van der Waals surface area (Å²) in [4.78, 5) is 13.1. The van der Waals surface area contributed by atoms with E-state index in [1.54, 1.807) is 24.3 Å². The van der Waals surface area contributed by atoms with E-state index in [0.29, 0.717) is 16.2 Å². The molecule has 26 heavy (non-hydrogen) atoms. The van der Waals surface area contributed by atoms with Crippen LogP contribution < -0.4 is 15.7 Å². The second kappa shape index (κ2) is 7.31. The van der Waals surface area contributed by atoms with Gasteiger partial charge in [-0.05, 0) is 56.2 Å². The molecule has 132 valence electrons. The lowest BCUT2D eigenvalue weighted by Gasteiger charge is -2.22. The van der Waals surface area contributed by atoms with Crippen LogP contribution in [0.2, 0.25) is 0 Å². The smallest absolute Gasteiger partial charge is 0.257 e. The van der Waals surface area contributed by atoms with Gasteiger partial charge in [0.15, 0.2) is 0 Å². The maximum atomic E-state index is 14.0. The molecular formula is C22H22NO2P. The van der Waals surface area contributed by atoms with Crippen molar-refractivity contribution in [3.8, 4) is 0 Å². The third-order valence-electron chi connectivity index (χ3n) is 4.40. The number of hydrogen-bond acceptors (Lipinski definition) is 2. The zero-order valence-corrected chi connectivity index (χ0v) is 16.1. The minimum atomic E-state index is -3.30. The molecule has 0 aliphatic rings. The fourth-order valence-corrected chi connectivity index (χ4v) is 5.43. The summed E-state index contributed by atoms with van der Waals surface area (Å²) < 4.78 is 14.0. The number of carbonyl (C=O) groups excluding carboxylic acids is 1. The average Bonchev–Trinajstić information content (AvgIpc) is 2.62. The van der Waals surface area contributed by atoms with Gasteiger partial charge < -0.3 is 0 Å². The van der Waals surface area contributed by atoms with Gasteiger partial charge in [-0.2, -0.15) is 0 Å². The summed E-state index contributed by atoms with van der Waals surface area (Å²) in [5.41, 5.74) is 3.45. The molecule has 0 saturated heterocycles. The lowest BCUT2D eigenvalue weighted by Crippen LogP contribution is -2.32. The van der Waals surface area contributed by atoms with Crippen LogP contribution in [-0.2, 0) is 4.57 Å². The van der Waals surface area contributed by atoms with E-state index in [0.717, 1.165) is 16.7 Å². The van der Waals surface area contributed by atoms with E-state index in [9.17, 15) is 9.36 Å². The first-order chi connectivity index (χ1) is 12.4. The van der Waals surface area contributed by atoms with Gasteiger partial charge in [-0.3, -0.25) is 14.4 Å². The van der Waals surface area contributed by atoms with Crippen molar-refractivity contribution in [2.24, 2.45) is 0 Å². The van der Waals surface area contributed by atoms with Gasteiger partial charge in [0.25, 0.3) is 5.91 Å². The van der Waals surface area contributed by atoms with Crippen LogP contribution in [0.25, 0.3) is 0 Å². The Balaban J connectivity index is 2.08. The molecule has 1 amide bonds. The Morgan fingerprint density at radius 3 is 1.62 bits per heavy atom. The molecule has 0 atom stereocenters. The quantitative estimate of drug-likeness (QED) is 0.704.